The van der Waals surface area contributed by atoms with Crippen molar-refractivity contribution >= 4 is 9.73 Å². The third-order valence-electron chi connectivity index (χ3n) is 1.42. The van der Waals surface area contributed by atoms with E-state index < -0.39 is 9.73 Å². The van der Waals surface area contributed by atoms with Crippen LogP contribution in [0.5, 0.6) is 0 Å². The Morgan fingerprint density at radius 1 is 1.78 bits per heavy atom. The van der Waals surface area contributed by atoms with E-state index in [2.05, 4.69) is 5.32 Å². The van der Waals surface area contributed by atoms with Crippen molar-refractivity contribution in [3.63, 3.8) is 0 Å². The van der Waals surface area contributed by atoms with Gasteiger partial charge in [-0.3, -0.25) is 8.99 Å². The molecule has 1 unspecified atom stereocenters. The van der Waals surface area contributed by atoms with E-state index in [1.54, 1.807) is 0 Å². The van der Waals surface area contributed by atoms with Gasteiger partial charge < -0.3 is 5.32 Å². The monoisotopic (exact) mass is 148 g/mol. The van der Waals surface area contributed by atoms with Crippen molar-refractivity contribution in [2.45, 2.75) is 0 Å². The molecule has 1 rings (SSSR count). The maximum atomic E-state index is 10.8. The maximum absolute atomic E-state index is 10.8. The van der Waals surface area contributed by atoms with E-state index in [-0.39, 0.29) is 0 Å². The van der Waals surface area contributed by atoms with E-state index in [1.807, 2.05) is 0 Å². The third-order valence-corrected chi connectivity index (χ3v) is 2.53. The summed E-state index contributed by atoms with van der Waals surface area (Å²) in [5.74, 6) is 1.07. The molecule has 4 heteroatoms. The van der Waals surface area contributed by atoms with Gasteiger partial charge in [0.05, 0.1) is 0 Å². The molecule has 0 amide bonds. The molecule has 0 bridgehead atoms. The highest BCUT2D eigenvalue weighted by atomic mass is 32.2. The molecular formula is C5H12N2OS. The summed E-state index contributed by atoms with van der Waals surface area (Å²) in [6.07, 6.45) is 1.51. The summed E-state index contributed by atoms with van der Waals surface area (Å²) in [6.45, 7) is 1.90. The quantitative estimate of drug-likeness (QED) is 0.573. The number of hydrogen-bond acceptors (Lipinski definition) is 3. The predicted molar refractivity (Wildman–Crippen MR) is 38.0 cm³/mol. The first-order chi connectivity index (χ1) is 4.08. The van der Waals surface area contributed by atoms with Crippen LogP contribution >= 0.6 is 0 Å². The summed E-state index contributed by atoms with van der Waals surface area (Å²) in [7, 11) is -2.22. The molecule has 0 aromatic carbocycles. The Bertz CT molecular complexity index is 181. The lowest BCUT2D eigenvalue weighted by Crippen LogP contribution is -2.45. The molecule has 0 aromatic heterocycles. The lowest BCUT2D eigenvalue weighted by atomic mass is 10.1. The number of hydrogen-bond donors (Lipinski definition) is 2. The molecule has 0 aliphatic carbocycles. The molecule has 2 N–H and O–H groups in total. The van der Waals surface area contributed by atoms with Crippen LogP contribution in [0.15, 0.2) is 0 Å². The van der Waals surface area contributed by atoms with Crippen LogP contribution in [0.3, 0.4) is 0 Å². The van der Waals surface area contributed by atoms with Gasteiger partial charge in [0.15, 0.2) is 0 Å². The Morgan fingerprint density at radius 2 is 2.33 bits per heavy atom. The summed E-state index contributed by atoms with van der Waals surface area (Å²) in [5.41, 5.74) is 0. The predicted octanol–water partition coefficient (Wildman–Crippen LogP) is -0.118. The number of rotatable bonds is 2. The van der Waals surface area contributed by atoms with Crippen LogP contribution in [-0.2, 0) is 9.73 Å². The fourth-order valence-corrected chi connectivity index (χ4v) is 2.05. The van der Waals surface area contributed by atoms with Crippen LogP contribution < -0.4 is 5.32 Å². The van der Waals surface area contributed by atoms with E-state index in [0.717, 1.165) is 13.1 Å². The molecule has 0 aromatic rings. The third kappa shape index (κ3) is 2.32. The van der Waals surface area contributed by atoms with Crippen LogP contribution in [0, 0.1) is 10.7 Å². The second-order valence-corrected chi connectivity index (χ2v) is 5.04. The fourth-order valence-electron chi connectivity index (χ4n) is 0.916. The van der Waals surface area contributed by atoms with Gasteiger partial charge in [0, 0.05) is 34.8 Å². The second-order valence-electron chi connectivity index (χ2n) is 2.70. The highest BCUT2D eigenvalue weighted by Gasteiger charge is 2.19. The molecule has 1 aliphatic rings. The van der Waals surface area contributed by atoms with E-state index in [1.165, 1.54) is 6.26 Å². The smallest absolute Gasteiger partial charge is 0.0416 e. The van der Waals surface area contributed by atoms with Crippen LogP contribution in [-0.4, -0.2) is 29.3 Å². The highest BCUT2D eigenvalue weighted by Crippen LogP contribution is 2.05. The van der Waals surface area contributed by atoms with Crippen LogP contribution in [0.1, 0.15) is 0 Å². The molecule has 1 aliphatic heterocycles. The molecule has 1 fully saturated rings. The Balaban J connectivity index is 2.33. The van der Waals surface area contributed by atoms with Gasteiger partial charge in [0.2, 0.25) is 0 Å². The summed E-state index contributed by atoms with van der Waals surface area (Å²) in [5, 5.41) is 3.07. The van der Waals surface area contributed by atoms with Crippen molar-refractivity contribution in [1.29, 1.82) is 4.78 Å². The summed E-state index contributed by atoms with van der Waals surface area (Å²) < 4.78 is 17.9. The minimum atomic E-state index is -2.22. The Kier molecular flexibility index (Phi) is 1.77. The fraction of sp³-hybridized carbons (Fsp3) is 1.00. The minimum Gasteiger partial charge on any atom is -0.316 e. The molecule has 54 valence electrons. The standard InChI is InChI=1S/C5H12N2OS/c1-9(6,8)4-5-2-7-3-5/h5-7H,2-4H2,1H3. The van der Waals surface area contributed by atoms with E-state index in [0.29, 0.717) is 11.7 Å². The Hall–Kier alpha value is -0.0900. The van der Waals surface area contributed by atoms with Gasteiger partial charge in [-0.2, -0.15) is 0 Å². The van der Waals surface area contributed by atoms with Crippen molar-refractivity contribution in [3.05, 3.63) is 0 Å². The Morgan fingerprint density at radius 3 is 2.44 bits per heavy atom. The van der Waals surface area contributed by atoms with Gasteiger partial charge in [-0.15, -0.1) is 0 Å². The van der Waals surface area contributed by atoms with E-state index in [9.17, 15) is 4.21 Å². The van der Waals surface area contributed by atoms with Crippen LogP contribution in [0.25, 0.3) is 0 Å². The number of nitrogens with one attached hydrogen (secondary N) is 2. The molecule has 0 saturated carbocycles. The molecule has 1 atom stereocenters. The van der Waals surface area contributed by atoms with Crippen molar-refractivity contribution in [2.24, 2.45) is 5.92 Å². The van der Waals surface area contributed by atoms with Crippen molar-refractivity contribution in [1.82, 2.24) is 5.32 Å². The van der Waals surface area contributed by atoms with Gasteiger partial charge in [0.1, 0.15) is 0 Å². The molecule has 9 heavy (non-hydrogen) atoms. The van der Waals surface area contributed by atoms with Gasteiger partial charge >= 0.3 is 0 Å². The summed E-state index contributed by atoms with van der Waals surface area (Å²) >= 11 is 0. The first-order valence-electron chi connectivity index (χ1n) is 3.00. The maximum Gasteiger partial charge on any atom is 0.0416 e. The van der Waals surface area contributed by atoms with Crippen molar-refractivity contribution in [3.8, 4) is 0 Å². The normalized spacial score (nSPS) is 26.8. The molecule has 1 heterocycles. The minimum absolute atomic E-state index is 0.500. The van der Waals surface area contributed by atoms with Crippen LogP contribution in [0.2, 0.25) is 0 Å². The van der Waals surface area contributed by atoms with E-state index >= 15 is 0 Å². The van der Waals surface area contributed by atoms with Crippen molar-refractivity contribution in [2.75, 3.05) is 25.1 Å². The zero-order chi connectivity index (χ0) is 6.91. The average molecular weight is 148 g/mol. The topological polar surface area (TPSA) is 53.0 Å². The molecular weight excluding hydrogens is 136 g/mol. The van der Waals surface area contributed by atoms with Crippen LogP contribution in [0.4, 0.5) is 0 Å². The average Bonchev–Trinajstić information content (AvgIpc) is 1.53. The molecule has 0 spiro atoms. The largest absolute Gasteiger partial charge is 0.316 e. The molecule has 0 radical (unpaired) electrons. The van der Waals surface area contributed by atoms with Gasteiger partial charge in [-0.25, -0.2) is 0 Å². The highest BCUT2D eigenvalue weighted by molar-refractivity contribution is 7.91. The zero-order valence-corrected chi connectivity index (χ0v) is 6.33. The lowest BCUT2D eigenvalue weighted by molar-refractivity contribution is 0.382. The lowest BCUT2D eigenvalue weighted by Gasteiger charge is -2.26. The SMILES string of the molecule is CS(=N)(=O)CC1CNC1. The Labute approximate surface area is 55.8 Å². The first kappa shape index (κ1) is 7.02. The van der Waals surface area contributed by atoms with Gasteiger partial charge in [-0.05, 0) is 5.92 Å². The molecule has 3 nitrogen and oxygen atoms in total. The van der Waals surface area contributed by atoms with Gasteiger partial charge in [-0.1, -0.05) is 0 Å². The first-order valence-corrected chi connectivity index (χ1v) is 5.13. The van der Waals surface area contributed by atoms with Crippen molar-refractivity contribution < 1.29 is 4.21 Å². The second kappa shape index (κ2) is 2.27. The summed E-state index contributed by atoms with van der Waals surface area (Å²) in [6, 6.07) is 0. The summed E-state index contributed by atoms with van der Waals surface area (Å²) in [4.78, 5) is 0. The zero-order valence-electron chi connectivity index (χ0n) is 5.52. The van der Waals surface area contributed by atoms with E-state index in [4.69, 9.17) is 4.78 Å². The molecule has 1 saturated heterocycles. The van der Waals surface area contributed by atoms with Gasteiger partial charge in [0.25, 0.3) is 0 Å².